The number of rotatable bonds is 1. The molecule has 0 fully saturated rings. The minimum Gasteiger partial charge on any atom is -0.502 e. The van der Waals surface area contributed by atoms with E-state index in [0.717, 1.165) is 21.8 Å². The third kappa shape index (κ3) is 2.88. The van der Waals surface area contributed by atoms with Gasteiger partial charge in [-0.3, -0.25) is 19.3 Å². The fourth-order valence-electron chi connectivity index (χ4n) is 4.10. The topological polar surface area (TPSA) is 65.8 Å². The van der Waals surface area contributed by atoms with Gasteiger partial charge in [0.25, 0.3) is 5.91 Å². The molecule has 152 valence electrons. The van der Waals surface area contributed by atoms with Crippen LogP contribution in [0.15, 0.2) is 64.4 Å². The lowest BCUT2D eigenvalue weighted by Crippen LogP contribution is -2.54. The standard InChI is InChI=1S/C22H18ClN3O3S/c1-24-12-26(25-9-8-17(27)21(28)20(25)22(24)29)19-15-5-3-2-4-13(15)11-30-18-10-14(23)6-7-16(18)19/h2-10,19,28H,11-12H2,1H3. The summed E-state index contributed by atoms with van der Waals surface area (Å²) in [4.78, 5) is 27.4. The smallest absolute Gasteiger partial charge is 0.277 e. The molecule has 0 aliphatic carbocycles. The van der Waals surface area contributed by atoms with Gasteiger partial charge in [-0.1, -0.05) is 41.9 Å². The predicted molar refractivity (Wildman–Crippen MR) is 117 cm³/mol. The van der Waals surface area contributed by atoms with Crippen molar-refractivity contribution in [1.29, 1.82) is 0 Å². The molecule has 1 amide bonds. The third-order valence-electron chi connectivity index (χ3n) is 5.54. The molecular formula is C22H18ClN3O3S. The first-order chi connectivity index (χ1) is 14.5. The Morgan fingerprint density at radius 1 is 1.10 bits per heavy atom. The van der Waals surface area contributed by atoms with Crippen molar-refractivity contribution in [2.45, 2.75) is 16.7 Å². The number of pyridine rings is 1. The van der Waals surface area contributed by atoms with Gasteiger partial charge in [-0.25, -0.2) is 0 Å². The number of nitrogens with zero attached hydrogens (tertiary/aromatic N) is 3. The molecule has 1 unspecified atom stereocenters. The number of aromatic nitrogens is 1. The van der Waals surface area contributed by atoms with Crippen molar-refractivity contribution >= 4 is 29.3 Å². The van der Waals surface area contributed by atoms with Gasteiger partial charge in [-0.2, -0.15) is 0 Å². The van der Waals surface area contributed by atoms with Crippen molar-refractivity contribution in [3.63, 3.8) is 0 Å². The van der Waals surface area contributed by atoms with Gasteiger partial charge in [-0.05, 0) is 28.8 Å². The van der Waals surface area contributed by atoms with Crippen LogP contribution >= 0.6 is 23.4 Å². The first-order valence-electron chi connectivity index (χ1n) is 9.43. The summed E-state index contributed by atoms with van der Waals surface area (Å²) >= 11 is 8.01. The summed E-state index contributed by atoms with van der Waals surface area (Å²) in [6.45, 7) is 0.292. The van der Waals surface area contributed by atoms with E-state index in [1.54, 1.807) is 29.7 Å². The SMILES string of the molecule is CN1CN(C2c3ccccc3CSc3cc(Cl)ccc32)n2ccc(=O)c(O)c2C1=O. The highest BCUT2D eigenvalue weighted by Crippen LogP contribution is 2.43. The quantitative estimate of drug-likeness (QED) is 0.627. The second-order valence-electron chi connectivity index (χ2n) is 7.38. The molecule has 0 saturated carbocycles. The van der Waals surface area contributed by atoms with E-state index in [2.05, 4.69) is 12.1 Å². The Hall–Kier alpha value is -2.90. The zero-order chi connectivity index (χ0) is 21.0. The molecule has 5 rings (SSSR count). The number of carbonyl (C=O) groups is 1. The monoisotopic (exact) mass is 439 g/mol. The molecule has 1 atom stereocenters. The van der Waals surface area contributed by atoms with E-state index in [1.807, 2.05) is 35.3 Å². The number of aromatic hydroxyl groups is 1. The van der Waals surface area contributed by atoms with Crippen LogP contribution in [0, 0.1) is 0 Å². The van der Waals surface area contributed by atoms with Gasteiger partial charge >= 0.3 is 0 Å². The largest absolute Gasteiger partial charge is 0.502 e. The normalized spacial score (nSPS) is 17.8. The molecule has 0 radical (unpaired) electrons. The number of amides is 1. The number of carbonyl (C=O) groups excluding carboxylic acids is 1. The van der Waals surface area contributed by atoms with E-state index in [-0.39, 0.29) is 11.7 Å². The predicted octanol–water partition coefficient (Wildman–Crippen LogP) is 3.58. The molecule has 1 N–H and O–H groups in total. The molecule has 0 saturated heterocycles. The van der Waals surface area contributed by atoms with Crippen molar-refractivity contribution < 1.29 is 9.90 Å². The van der Waals surface area contributed by atoms with Gasteiger partial charge in [0.15, 0.2) is 11.4 Å². The van der Waals surface area contributed by atoms with Crippen molar-refractivity contribution in [2.24, 2.45) is 0 Å². The Morgan fingerprint density at radius 3 is 2.73 bits per heavy atom. The lowest BCUT2D eigenvalue weighted by atomic mass is 9.94. The van der Waals surface area contributed by atoms with Crippen molar-refractivity contribution in [2.75, 3.05) is 18.7 Å². The number of hydrogen-bond acceptors (Lipinski definition) is 5. The molecular weight excluding hydrogens is 422 g/mol. The molecule has 0 bridgehead atoms. The van der Waals surface area contributed by atoms with Crippen LogP contribution in [0.3, 0.4) is 0 Å². The van der Waals surface area contributed by atoms with Gasteiger partial charge in [-0.15, -0.1) is 11.8 Å². The Labute approximate surface area is 182 Å². The second-order valence-corrected chi connectivity index (χ2v) is 8.83. The van der Waals surface area contributed by atoms with Crippen LogP contribution in [0.1, 0.15) is 33.2 Å². The maximum atomic E-state index is 12.8. The maximum absolute atomic E-state index is 12.8. The number of thioether (sulfide) groups is 1. The van der Waals surface area contributed by atoms with Crippen molar-refractivity contribution in [3.8, 4) is 5.75 Å². The van der Waals surface area contributed by atoms with Crippen LogP contribution in [0.25, 0.3) is 0 Å². The highest BCUT2D eigenvalue weighted by molar-refractivity contribution is 7.98. The Bertz CT molecular complexity index is 1240. The van der Waals surface area contributed by atoms with E-state index in [9.17, 15) is 14.7 Å². The maximum Gasteiger partial charge on any atom is 0.277 e. The summed E-state index contributed by atoms with van der Waals surface area (Å²) in [5, 5.41) is 13.1. The molecule has 1 aromatic heterocycles. The summed E-state index contributed by atoms with van der Waals surface area (Å²) in [5.41, 5.74) is 2.75. The van der Waals surface area contributed by atoms with Crippen LogP contribution < -0.4 is 10.4 Å². The van der Waals surface area contributed by atoms with Crippen LogP contribution in [-0.4, -0.2) is 34.3 Å². The zero-order valence-electron chi connectivity index (χ0n) is 16.1. The van der Waals surface area contributed by atoms with Crippen LogP contribution in [0.4, 0.5) is 0 Å². The number of hydrogen-bond donors (Lipinski definition) is 1. The lowest BCUT2D eigenvalue weighted by molar-refractivity contribution is 0.0726. The fraction of sp³-hybridized carbons (Fsp3) is 0.182. The number of benzene rings is 2. The van der Waals surface area contributed by atoms with E-state index in [1.165, 1.54) is 16.5 Å². The van der Waals surface area contributed by atoms with Crippen molar-refractivity contribution in [3.05, 3.63) is 92.4 Å². The van der Waals surface area contributed by atoms with Gasteiger partial charge in [0.05, 0.1) is 6.04 Å². The third-order valence-corrected chi connectivity index (χ3v) is 6.89. The highest BCUT2D eigenvalue weighted by atomic mass is 35.5. The van der Waals surface area contributed by atoms with E-state index in [4.69, 9.17) is 11.6 Å². The first kappa shape index (κ1) is 19.1. The number of halogens is 1. The van der Waals surface area contributed by atoms with E-state index >= 15 is 0 Å². The van der Waals surface area contributed by atoms with Crippen LogP contribution in [0.2, 0.25) is 5.02 Å². The van der Waals surface area contributed by atoms with Gasteiger partial charge < -0.3 is 10.0 Å². The average Bonchev–Trinajstić information content (AvgIpc) is 2.89. The minimum atomic E-state index is -0.575. The highest BCUT2D eigenvalue weighted by Gasteiger charge is 2.37. The summed E-state index contributed by atoms with van der Waals surface area (Å²) in [5.74, 6) is -0.133. The molecule has 2 aliphatic heterocycles. The van der Waals surface area contributed by atoms with Crippen molar-refractivity contribution in [1.82, 2.24) is 9.58 Å². The van der Waals surface area contributed by atoms with Gasteiger partial charge in [0.2, 0.25) is 5.43 Å². The molecule has 2 aromatic carbocycles. The molecule has 30 heavy (non-hydrogen) atoms. The van der Waals surface area contributed by atoms with Crippen LogP contribution in [-0.2, 0) is 5.75 Å². The second kappa shape index (κ2) is 7.11. The minimum absolute atomic E-state index is 0.0267. The Morgan fingerprint density at radius 2 is 1.90 bits per heavy atom. The van der Waals surface area contributed by atoms with Gasteiger partial charge in [0, 0.05) is 35.0 Å². The molecule has 3 aromatic rings. The Kier molecular flexibility index (Phi) is 4.52. The van der Waals surface area contributed by atoms with Crippen LogP contribution in [0.5, 0.6) is 5.75 Å². The average molecular weight is 440 g/mol. The first-order valence-corrected chi connectivity index (χ1v) is 10.8. The fourth-order valence-corrected chi connectivity index (χ4v) is 5.47. The van der Waals surface area contributed by atoms with E-state index < -0.39 is 17.1 Å². The summed E-state index contributed by atoms with van der Waals surface area (Å²) in [6, 6.07) is 15.1. The summed E-state index contributed by atoms with van der Waals surface area (Å²) in [7, 11) is 1.66. The van der Waals surface area contributed by atoms with E-state index in [0.29, 0.717) is 11.7 Å². The Balaban J connectivity index is 1.79. The zero-order valence-corrected chi connectivity index (χ0v) is 17.7. The molecule has 0 spiro atoms. The number of fused-ring (bicyclic) bond motifs is 3. The molecule has 3 heterocycles. The van der Waals surface area contributed by atoms with Gasteiger partial charge in [0.1, 0.15) is 6.67 Å². The molecule has 2 aliphatic rings. The lowest BCUT2D eigenvalue weighted by Gasteiger charge is -2.43. The summed E-state index contributed by atoms with van der Waals surface area (Å²) < 4.78 is 1.61. The summed E-state index contributed by atoms with van der Waals surface area (Å²) in [6.07, 6.45) is 1.55. The molecule has 8 heteroatoms. The molecule has 6 nitrogen and oxygen atoms in total.